The lowest BCUT2D eigenvalue weighted by molar-refractivity contribution is -0.139. The number of para-hydroxylation sites is 2. The largest absolute Gasteiger partial charge is 0.378 e. The summed E-state index contributed by atoms with van der Waals surface area (Å²) in [5.41, 5.74) is 1.00. The molecule has 5 rings (SSSR count). The Morgan fingerprint density at radius 2 is 1.97 bits per heavy atom. The summed E-state index contributed by atoms with van der Waals surface area (Å²) in [6.07, 6.45) is -2.78. The third-order valence-corrected chi connectivity index (χ3v) is 5.86. The van der Waals surface area contributed by atoms with Crippen molar-refractivity contribution in [2.75, 3.05) is 63.3 Å². The van der Waals surface area contributed by atoms with Crippen molar-refractivity contribution in [1.29, 1.82) is 0 Å². The minimum atomic E-state index is -2.78. The Labute approximate surface area is 194 Å². The summed E-state index contributed by atoms with van der Waals surface area (Å²) < 4.78 is 39.6. The first-order chi connectivity index (χ1) is 16.5. The SMILES string of the molecule is COCC(=O)N1CC(Nc2cc(-n3c(C(F)F)nc4ccccc43)nc(N3CCOCC3)n2)C1. The van der Waals surface area contributed by atoms with Gasteiger partial charge in [-0.3, -0.25) is 9.36 Å². The molecule has 0 atom stereocenters. The van der Waals surface area contributed by atoms with Gasteiger partial charge in [-0.15, -0.1) is 0 Å². The number of nitrogens with zero attached hydrogens (tertiary/aromatic N) is 6. The number of likely N-dealkylation sites (tertiary alicyclic amines) is 1. The highest BCUT2D eigenvalue weighted by Crippen LogP contribution is 2.29. The quantitative estimate of drug-likeness (QED) is 0.556. The van der Waals surface area contributed by atoms with Crippen LogP contribution >= 0.6 is 0 Å². The number of carbonyl (C=O) groups is 1. The van der Waals surface area contributed by atoms with E-state index in [1.807, 2.05) is 4.90 Å². The summed E-state index contributed by atoms with van der Waals surface area (Å²) >= 11 is 0. The minimum absolute atomic E-state index is 0.0183. The van der Waals surface area contributed by atoms with E-state index in [4.69, 9.17) is 9.47 Å². The number of anilines is 2. The number of fused-ring (bicyclic) bond motifs is 1. The maximum absolute atomic E-state index is 13.9. The van der Waals surface area contributed by atoms with Gasteiger partial charge in [0.2, 0.25) is 11.9 Å². The lowest BCUT2D eigenvalue weighted by Gasteiger charge is -2.39. The van der Waals surface area contributed by atoms with Crippen LogP contribution in [0.5, 0.6) is 0 Å². The summed E-state index contributed by atoms with van der Waals surface area (Å²) in [5.74, 6) is 0.763. The van der Waals surface area contributed by atoms with Crippen LogP contribution in [0.3, 0.4) is 0 Å². The third kappa shape index (κ3) is 4.38. The van der Waals surface area contributed by atoms with Crippen LogP contribution in [-0.4, -0.2) is 89.5 Å². The molecule has 0 unspecified atom stereocenters. The summed E-state index contributed by atoms with van der Waals surface area (Å²) in [6.45, 7) is 3.30. The molecule has 2 aliphatic rings. The molecule has 1 amide bonds. The van der Waals surface area contributed by atoms with Crippen molar-refractivity contribution >= 4 is 28.7 Å². The Kier molecular flexibility index (Phi) is 6.24. The average molecular weight is 473 g/mol. The molecule has 1 N–H and O–H groups in total. The van der Waals surface area contributed by atoms with E-state index in [1.165, 1.54) is 11.7 Å². The van der Waals surface area contributed by atoms with Crippen LogP contribution < -0.4 is 10.2 Å². The van der Waals surface area contributed by atoms with Gasteiger partial charge in [0.25, 0.3) is 6.43 Å². The Balaban J connectivity index is 1.50. The molecule has 12 heteroatoms. The number of nitrogens with one attached hydrogen (secondary N) is 1. The van der Waals surface area contributed by atoms with Crippen molar-refractivity contribution < 1.29 is 23.0 Å². The number of hydrogen-bond donors (Lipinski definition) is 1. The van der Waals surface area contributed by atoms with Gasteiger partial charge in [0, 0.05) is 39.4 Å². The summed E-state index contributed by atoms with van der Waals surface area (Å²) in [7, 11) is 1.48. The molecule has 0 spiro atoms. The number of alkyl halides is 2. The van der Waals surface area contributed by atoms with Crippen molar-refractivity contribution in [3.8, 4) is 5.82 Å². The number of halogens is 2. The van der Waals surface area contributed by atoms with Crippen molar-refractivity contribution in [1.82, 2.24) is 24.4 Å². The average Bonchev–Trinajstić information content (AvgIpc) is 3.22. The zero-order valence-corrected chi connectivity index (χ0v) is 18.7. The highest BCUT2D eigenvalue weighted by molar-refractivity contribution is 5.79. The smallest absolute Gasteiger partial charge is 0.296 e. The number of rotatable bonds is 7. The zero-order valence-electron chi connectivity index (χ0n) is 18.7. The van der Waals surface area contributed by atoms with Gasteiger partial charge in [-0.2, -0.15) is 9.97 Å². The van der Waals surface area contributed by atoms with Crippen LogP contribution in [-0.2, 0) is 14.3 Å². The molecule has 0 bridgehead atoms. The fourth-order valence-electron chi connectivity index (χ4n) is 4.14. The molecule has 10 nitrogen and oxygen atoms in total. The molecule has 2 saturated heterocycles. The van der Waals surface area contributed by atoms with Gasteiger partial charge in [0.1, 0.15) is 18.2 Å². The van der Waals surface area contributed by atoms with Gasteiger partial charge in [0.05, 0.1) is 30.3 Å². The highest BCUT2D eigenvalue weighted by atomic mass is 19.3. The van der Waals surface area contributed by atoms with Crippen LogP contribution in [0.25, 0.3) is 16.9 Å². The van der Waals surface area contributed by atoms with Gasteiger partial charge < -0.3 is 24.6 Å². The van der Waals surface area contributed by atoms with Crippen LogP contribution in [0.1, 0.15) is 12.2 Å². The summed E-state index contributed by atoms with van der Waals surface area (Å²) in [6, 6.07) is 8.59. The van der Waals surface area contributed by atoms with Crippen molar-refractivity contribution in [2.24, 2.45) is 0 Å². The van der Waals surface area contributed by atoms with Crippen LogP contribution in [0.2, 0.25) is 0 Å². The maximum Gasteiger partial charge on any atom is 0.296 e. The number of morpholine rings is 1. The van der Waals surface area contributed by atoms with E-state index in [0.29, 0.717) is 68.0 Å². The predicted molar refractivity (Wildman–Crippen MR) is 121 cm³/mol. The molecule has 2 aromatic heterocycles. The summed E-state index contributed by atoms with van der Waals surface area (Å²) in [5, 5.41) is 3.32. The highest BCUT2D eigenvalue weighted by Gasteiger charge is 2.31. The van der Waals surface area contributed by atoms with Gasteiger partial charge in [-0.1, -0.05) is 12.1 Å². The lowest BCUT2D eigenvalue weighted by Crippen LogP contribution is -2.57. The zero-order chi connectivity index (χ0) is 23.7. The number of carbonyl (C=O) groups excluding carboxylic acids is 1. The first-order valence-corrected chi connectivity index (χ1v) is 11.0. The predicted octanol–water partition coefficient (Wildman–Crippen LogP) is 1.86. The topological polar surface area (TPSA) is 97.6 Å². The Bertz CT molecular complexity index is 1180. The molecule has 4 heterocycles. The summed E-state index contributed by atoms with van der Waals surface area (Å²) in [4.78, 5) is 29.0. The van der Waals surface area contributed by atoms with E-state index in [0.717, 1.165) is 0 Å². The van der Waals surface area contributed by atoms with Gasteiger partial charge >= 0.3 is 0 Å². The molecule has 1 aromatic carbocycles. The number of benzene rings is 1. The van der Waals surface area contributed by atoms with Gasteiger partial charge in [-0.25, -0.2) is 13.8 Å². The number of methoxy groups -OCH3 is 1. The normalized spacial score (nSPS) is 16.8. The fourth-order valence-corrected chi connectivity index (χ4v) is 4.14. The van der Waals surface area contributed by atoms with Crippen molar-refractivity contribution in [2.45, 2.75) is 12.5 Å². The van der Waals surface area contributed by atoms with E-state index < -0.39 is 6.43 Å². The standard InChI is InChI=1S/C22H25F2N7O3/c1-33-13-19(32)30-11-14(12-30)25-17-10-18(28-22(27-17)29-6-8-34-9-7-29)31-16-5-3-2-4-15(16)26-21(31)20(23)24/h2-5,10,14,20H,6-9,11-13H2,1H3,(H,25,27,28). The molecule has 34 heavy (non-hydrogen) atoms. The Hall–Kier alpha value is -3.38. The number of amides is 1. The Morgan fingerprint density at radius 1 is 1.21 bits per heavy atom. The third-order valence-electron chi connectivity index (χ3n) is 5.86. The van der Waals surface area contributed by atoms with Crippen molar-refractivity contribution in [3.63, 3.8) is 0 Å². The second-order valence-electron chi connectivity index (χ2n) is 8.18. The van der Waals surface area contributed by atoms with Crippen LogP contribution in [0.4, 0.5) is 20.5 Å². The first kappa shape index (κ1) is 22.4. The number of imidazole rings is 1. The number of hydrogen-bond acceptors (Lipinski definition) is 8. The van der Waals surface area contributed by atoms with Gasteiger partial charge in [0.15, 0.2) is 5.82 Å². The number of ether oxygens (including phenoxy) is 2. The van der Waals surface area contributed by atoms with Gasteiger partial charge in [-0.05, 0) is 12.1 Å². The molecular formula is C22H25F2N7O3. The molecule has 2 fully saturated rings. The van der Waals surface area contributed by atoms with Crippen LogP contribution in [0, 0.1) is 0 Å². The molecule has 0 saturated carbocycles. The minimum Gasteiger partial charge on any atom is -0.378 e. The van der Waals surface area contributed by atoms with E-state index in [9.17, 15) is 13.6 Å². The first-order valence-electron chi connectivity index (χ1n) is 11.0. The molecule has 3 aromatic rings. The number of aromatic nitrogens is 4. The van der Waals surface area contributed by atoms with E-state index in [1.54, 1.807) is 35.2 Å². The molecule has 0 aliphatic carbocycles. The maximum atomic E-state index is 13.9. The molecule has 180 valence electrons. The monoisotopic (exact) mass is 473 g/mol. The lowest BCUT2D eigenvalue weighted by atomic mass is 10.1. The van der Waals surface area contributed by atoms with E-state index >= 15 is 0 Å². The molecule has 0 radical (unpaired) electrons. The van der Waals surface area contributed by atoms with E-state index in [2.05, 4.69) is 20.3 Å². The van der Waals surface area contributed by atoms with E-state index in [-0.39, 0.29) is 24.4 Å². The molecular weight excluding hydrogens is 448 g/mol. The molecule has 2 aliphatic heterocycles. The van der Waals surface area contributed by atoms with Crippen LogP contribution in [0.15, 0.2) is 30.3 Å². The second-order valence-corrected chi connectivity index (χ2v) is 8.18. The fraction of sp³-hybridized carbons (Fsp3) is 0.455. The Morgan fingerprint density at radius 3 is 2.71 bits per heavy atom. The van der Waals surface area contributed by atoms with Crippen molar-refractivity contribution in [3.05, 3.63) is 36.2 Å². The second kappa shape index (κ2) is 9.47.